The molecule has 0 fully saturated rings. The summed E-state index contributed by atoms with van der Waals surface area (Å²) in [7, 11) is 3.49. The highest BCUT2D eigenvalue weighted by Crippen LogP contribution is 2.20. The highest BCUT2D eigenvalue weighted by atomic mass is 32.2. The van der Waals surface area contributed by atoms with Gasteiger partial charge in [-0.05, 0) is 20.9 Å². The van der Waals surface area contributed by atoms with Crippen molar-refractivity contribution < 1.29 is 9.90 Å². The number of aliphatic carboxylic acids is 1. The van der Waals surface area contributed by atoms with Crippen LogP contribution in [-0.4, -0.2) is 44.2 Å². The van der Waals surface area contributed by atoms with Gasteiger partial charge in [-0.1, -0.05) is 11.8 Å². The summed E-state index contributed by atoms with van der Waals surface area (Å²) in [6, 6.07) is 0. The molecule has 90 valence electrons. The Labute approximate surface area is 98.4 Å². The topological polar surface area (TPSA) is 80.0 Å². The third-order valence-electron chi connectivity index (χ3n) is 2.57. The van der Waals surface area contributed by atoms with Crippen molar-refractivity contribution in [3.05, 3.63) is 5.82 Å². The van der Waals surface area contributed by atoms with Gasteiger partial charge in [0.1, 0.15) is 11.4 Å². The molecule has 0 spiro atoms. The number of hydrogen-bond donors (Lipinski definition) is 2. The lowest BCUT2D eigenvalue weighted by Crippen LogP contribution is -2.49. The Bertz CT molecular complexity index is 393. The van der Waals surface area contributed by atoms with Gasteiger partial charge in [0, 0.05) is 12.8 Å². The van der Waals surface area contributed by atoms with Crippen molar-refractivity contribution in [3.8, 4) is 0 Å². The van der Waals surface area contributed by atoms with Crippen molar-refractivity contribution in [2.45, 2.75) is 24.5 Å². The van der Waals surface area contributed by atoms with E-state index < -0.39 is 11.5 Å². The molecule has 0 saturated heterocycles. The van der Waals surface area contributed by atoms with E-state index in [1.807, 2.05) is 18.5 Å². The Balaban J connectivity index is 2.70. The van der Waals surface area contributed by atoms with Crippen LogP contribution in [0.3, 0.4) is 0 Å². The van der Waals surface area contributed by atoms with Gasteiger partial charge in [-0.25, -0.2) is 0 Å². The van der Waals surface area contributed by atoms with Crippen molar-refractivity contribution in [1.29, 1.82) is 0 Å². The van der Waals surface area contributed by atoms with Crippen molar-refractivity contribution >= 4 is 17.7 Å². The summed E-state index contributed by atoms with van der Waals surface area (Å²) in [5, 5.41) is 20.5. The molecule has 7 heteroatoms. The van der Waals surface area contributed by atoms with E-state index in [4.69, 9.17) is 5.11 Å². The van der Waals surface area contributed by atoms with E-state index in [0.29, 0.717) is 5.75 Å². The van der Waals surface area contributed by atoms with Gasteiger partial charge in [0.25, 0.3) is 0 Å². The van der Waals surface area contributed by atoms with Crippen molar-refractivity contribution in [2.24, 2.45) is 7.05 Å². The average Bonchev–Trinajstić information content (AvgIpc) is 2.56. The van der Waals surface area contributed by atoms with Crippen LogP contribution < -0.4 is 5.32 Å². The summed E-state index contributed by atoms with van der Waals surface area (Å²) in [6.07, 6.45) is 0. The molecule has 0 aliphatic heterocycles. The normalized spacial score (nSPS) is 14.8. The predicted octanol–water partition coefficient (Wildman–Crippen LogP) is 0.278. The van der Waals surface area contributed by atoms with Crippen LogP contribution in [-0.2, 0) is 11.8 Å². The van der Waals surface area contributed by atoms with Crippen LogP contribution in [0.15, 0.2) is 5.16 Å². The third kappa shape index (κ3) is 2.53. The van der Waals surface area contributed by atoms with Crippen LogP contribution in [0, 0.1) is 6.92 Å². The zero-order valence-corrected chi connectivity index (χ0v) is 10.6. The second kappa shape index (κ2) is 4.84. The molecule has 0 aliphatic carbocycles. The van der Waals surface area contributed by atoms with Gasteiger partial charge >= 0.3 is 5.97 Å². The Morgan fingerprint density at radius 3 is 2.62 bits per heavy atom. The van der Waals surface area contributed by atoms with Gasteiger partial charge in [0.05, 0.1) is 0 Å². The van der Waals surface area contributed by atoms with Gasteiger partial charge in [-0.3, -0.25) is 4.79 Å². The van der Waals surface area contributed by atoms with Gasteiger partial charge in [-0.15, -0.1) is 10.2 Å². The Morgan fingerprint density at radius 2 is 2.25 bits per heavy atom. The fourth-order valence-electron chi connectivity index (χ4n) is 0.963. The smallest absolute Gasteiger partial charge is 0.324 e. The lowest BCUT2D eigenvalue weighted by atomic mass is 10.1. The van der Waals surface area contributed by atoms with Crippen molar-refractivity contribution in [3.63, 3.8) is 0 Å². The third-order valence-corrected chi connectivity index (χ3v) is 3.90. The minimum absolute atomic E-state index is 0.394. The molecule has 1 rings (SSSR count). The van der Waals surface area contributed by atoms with Gasteiger partial charge < -0.3 is 15.0 Å². The summed E-state index contributed by atoms with van der Waals surface area (Å²) in [5.74, 6) is 0.329. The number of thioether (sulfide) groups is 1. The molecule has 1 unspecified atom stereocenters. The maximum absolute atomic E-state index is 11.0. The monoisotopic (exact) mass is 244 g/mol. The van der Waals surface area contributed by atoms with Crippen LogP contribution in [0.5, 0.6) is 0 Å². The Hall–Kier alpha value is -1.08. The molecular formula is C9H16N4O2S. The largest absolute Gasteiger partial charge is 0.480 e. The molecule has 0 bridgehead atoms. The molecular weight excluding hydrogens is 228 g/mol. The molecule has 1 aromatic rings. The van der Waals surface area contributed by atoms with E-state index >= 15 is 0 Å². The standard InChI is InChI=1S/C9H16N4O2S/c1-6-11-12-8(13(6)4)16-5-9(2,10-3)7(14)15/h10H,5H2,1-4H3,(H,14,15). The zero-order valence-electron chi connectivity index (χ0n) is 9.81. The van der Waals surface area contributed by atoms with E-state index in [1.54, 1.807) is 14.0 Å². The summed E-state index contributed by atoms with van der Waals surface area (Å²) < 4.78 is 1.84. The second-order valence-electron chi connectivity index (χ2n) is 3.76. The van der Waals surface area contributed by atoms with Crippen LogP contribution in [0.2, 0.25) is 0 Å². The van der Waals surface area contributed by atoms with Crippen LogP contribution >= 0.6 is 11.8 Å². The summed E-state index contributed by atoms with van der Waals surface area (Å²) >= 11 is 1.37. The van der Waals surface area contributed by atoms with E-state index in [9.17, 15) is 4.79 Å². The number of likely N-dealkylation sites (N-methyl/N-ethyl adjacent to an activating group) is 1. The Kier molecular flexibility index (Phi) is 3.93. The first-order valence-electron chi connectivity index (χ1n) is 4.82. The van der Waals surface area contributed by atoms with Gasteiger partial charge in [0.15, 0.2) is 5.16 Å². The summed E-state index contributed by atoms with van der Waals surface area (Å²) in [5.41, 5.74) is -0.954. The average molecular weight is 244 g/mol. The van der Waals surface area contributed by atoms with E-state index in [1.165, 1.54) is 11.8 Å². The minimum atomic E-state index is -0.954. The zero-order chi connectivity index (χ0) is 12.3. The molecule has 16 heavy (non-hydrogen) atoms. The predicted molar refractivity (Wildman–Crippen MR) is 61.6 cm³/mol. The quantitative estimate of drug-likeness (QED) is 0.724. The van der Waals surface area contributed by atoms with Crippen molar-refractivity contribution in [2.75, 3.05) is 12.8 Å². The van der Waals surface area contributed by atoms with Crippen molar-refractivity contribution in [1.82, 2.24) is 20.1 Å². The highest BCUT2D eigenvalue weighted by molar-refractivity contribution is 7.99. The lowest BCUT2D eigenvalue weighted by Gasteiger charge is -2.23. The first kappa shape index (κ1) is 13.0. The van der Waals surface area contributed by atoms with Gasteiger partial charge in [0.2, 0.25) is 0 Å². The van der Waals surface area contributed by atoms with E-state index in [2.05, 4.69) is 15.5 Å². The Morgan fingerprint density at radius 1 is 1.62 bits per heavy atom. The molecule has 1 atom stereocenters. The summed E-state index contributed by atoms with van der Waals surface area (Å²) in [6.45, 7) is 3.50. The number of aryl methyl sites for hydroxylation is 1. The fourth-order valence-corrected chi connectivity index (χ4v) is 2.07. The fraction of sp³-hybridized carbons (Fsp3) is 0.667. The maximum Gasteiger partial charge on any atom is 0.324 e. The highest BCUT2D eigenvalue weighted by Gasteiger charge is 2.31. The first-order valence-corrected chi connectivity index (χ1v) is 5.80. The molecule has 0 aliphatic rings. The summed E-state index contributed by atoms with van der Waals surface area (Å²) in [4.78, 5) is 11.0. The van der Waals surface area contributed by atoms with Crippen LogP contribution in [0.25, 0.3) is 0 Å². The van der Waals surface area contributed by atoms with Gasteiger partial charge in [-0.2, -0.15) is 0 Å². The number of nitrogens with zero attached hydrogens (tertiary/aromatic N) is 3. The number of carboxylic acid groups (broad SMARTS) is 1. The molecule has 2 N–H and O–H groups in total. The minimum Gasteiger partial charge on any atom is -0.480 e. The number of carbonyl (C=O) groups is 1. The molecule has 6 nitrogen and oxygen atoms in total. The number of nitrogens with one attached hydrogen (secondary N) is 1. The molecule has 0 saturated carbocycles. The van der Waals surface area contributed by atoms with Crippen LogP contribution in [0.4, 0.5) is 0 Å². The SMILES string of the molecule is CNC(C)(CSc1nnc(C)n1C)C(=O)O. The van der Waals surface area contributed by atoms with Crippen LogP contribution in [0.1, 0.15) is 12.7 Å². The molecule has 1 aromatic heterocycles. The molecule has 0 radical (unpaired) electrons. The number of carboxylic acids is 1. The number of aromatic nitrogens is 3. The maximum atomic E-state index is 11.0. The molecule has 0 amide bonds. The van der Waals surface area contributed by atoms with E-state index in [0.717, 1.165) is 11.0 Å². The molecule has 1 heterocycles. The lowest BCUT2D eigenvalue weighted by molar-refractivity contribution is -0.142. The number of rotatable bonds is 5. The molecule has 0 aromatic carbocycles. The van der Waals surface area contributed by atoms with E-state index in [-0.39, 0.29) is 0 Å². The number of hydrogen-bond acceptors (Lipinski definition) is 5. The first-order chi connectivity index (χ1) is 7.40. The second-order valence-corrected chi connectivity index (χ2v) is 4.71.